The third-order valence-electron chi connectivity index (χ3n) is 5.16. The monoisotopic (exact) mass is 437 g/mol. The molecule has 2 aromatic carbocycles. The molecule has 0 saturated carbocycles. The van der Waals surface area contributed by atoms with Gasteiger partial charge in [0.25, 0.3) is 17.7 Å². The molecule has 0 atom stereocenters. The molecule has 0 spiro atoms. The van der Waals surface area contributed by atoms with Crippen molar-refractivity contribution in [2.75, 3.05) is 40.9 Å². The van der Waals surface area contributed by atoms with Crippen molar-refractivity contribution < 1.29 is 23.9 Å². The average molecular weight is 437 g/mol. The Morgan fingerprint density at radius 1 is 1.00 bits per heavy atom. The first-order valence-corrected chi connectivity index (χ1v) is 10.3. The highest BCUT2D eigenvalue weighted by molar-refractivity contribution is 5.97. The van der Waals surface area contributed by atoms with Crippen molar-refractivity contribution in [3.63, 3.8) is 0 Å². The van der Waals surface area contributed by atoms with Crippen LogP contribution in [-0.2, 0) is 9.59 Å². The Labute approximate surface area is 187 Å². The van der Waals surface area contributed by atoms with Crippen LogP contribution in [0.25, 0.3) is 6.08 Å². The quantitative estimate of drug-likeness (QED) is 0.622. The summed E-state index contributed by atoms with van der Waals surface area (Å²) in [5.74, 6) is 0.362. The molecule has 0 aliphatic carbocycles. The first kappa shape index (κ1) is 22.9. The topological polar surface area (TPSA) is 79.4 Å². The van der Waals surface area contributed by atoms with Crippen LogP contribution in [0.5, 0.6) is 11.5 Å². The zero-order valence-electron chi connectivity index (χ0n) is 18.5. The Balaban J connectivity index is 1.67. The van der Waals surface area contributed by atoms with E-state index >= 15 is 0 Å². The van der Waals surface area contributed by atoms with Crippen LogP contribution >= 0.6 is 0 Å². The molecular weight excluding hydrogens is 410 g/mol. The molecule has 8 heteroatoms. The lowest BCUT2D eigenvalue weighted by Crippen LogP contribution is -2.48. The van der Waals surface area contributed by atoms with E-state index in [-0.39, 0.29) is 24.3 Å². The van der Waals surface area contributed by atoms with Crippen molar-refractivity contribution in [3.8, 4) is 11.5 Å². The molecule has 3 rings (SSSR count). The Bertz CT molecular complexity index is 1010. The molecule has 1 fully saturated rings. The molecule has 32 heavy (non-hydrogen) atoms. The maximum absolute atomic E-state index is 12.8. The average Bonchev–Trinajstić information content (AvgIpc) is 3.32. The highest BCUT2D eigenvalue weighted by atomic mass is 16.5. The molecule has 0 aromatic heterocycles. The van der Waals surface area contributed by atoms with Gasteiger partial charge in [0.2, 0.25) is 0 Å². The Kier molecular flexibility index (Phi) is 7.49. The van der Waals surface area contributed by atoms with Crippen LogP contribution < -0.4 is 9.47 Å². The standard InChI is InChI=1S/C24H27N3O5/c1-25(24(30)18-8-5-4-6-9-18)17-23(29)27-15-7-14-26(27)22(28)13-10-19-16-20(31-2)11-12-21(19)32-3/h4-6,8-13,16H,7,14-15,17H2,1-3H3/b13-10+. The van der Waals surface area contributed by atoms with Gasteiger partial charge in [-0.25, -0.2) is 10.0 Å². The van der Waals surface area contributed by atoms with Crippen molar-refractivity contribution in [2.45, 2.75) is 6.42 Å². The van der Waals surface area contributed by atoms with Gasteiger partial charge in [0, 0.05) is 37.3 Å². The molecule has 0 N–H and O–H groups in total. The maximum Gasteiger partial charge on any atom is 0.265 e. The van der Waals surface area contributed by atoms with Crippen molar-refractivity contribution in [1.29, 1.82) is 0 Å². The van der Waals surface area contributed by atoms with Gasteiger partial charge in [0.1, 0.15) is 18.0 Å². The third-order valence-corrected chi connectivity index (χ3v) is 5.16. The van der Waals surface area contributed by atoms with Gasteiger partial charge < -0.3 is 14.4 Å². The van der Waals surface area contributed by atoms with Crippen molar-refractivity contribution >= 4 is 23.8 Å². The number of ether oxygens (including phenoxy) is 2. The molecule has 1 aliphatic rings. The summed E-state index contributed by atoms with van der Waals surface area (Å²) in [7, 11) is 4.69. The maximum atomic E-state index is 12.8. The number of amides is 3. The van der Waals surface area contributed by atoms with Crippen molar-refractivity contribution in [3.05, 3.63) is 65.7 Å². The lowest BCUT2D eigenvalue weighted by Gasteiger charge is -2.28. The van der Waals surface area contributed by atoms with Gasteiger partial charge in [-0.15, -0.1) is 0 Å². The molecule has 168 valence electrons. The number of benzene rings is 2. The summed E-state index contributed by atoms with van der Waals surface area (Å²) in [6, 6.07) is 14.1. The van der Waals surface area contributed by atoms with Crippen molar-refractivity contribution in [1.82, 2.24) is 14.9 Å². The fourth-order valence-corrected chi connectivity index (χ4v) is 3.47. The number of nitrogens with zero attached hydrogens (tertiary/aromatic N) is 3. The first-order valence-electron chi connectivity index (χ1n) is 10.3. The van der Waals surface area contributed by atoms with E-state index in [0.29, 0.717) is 42.1 Å². The normalized spacial score (nSPS) is 13.3. The van der Waals surface area contributed by atoms with E-state index in [1.807, 2.05) is 6.07 Å². The smallest absolute Gasteiger partial charge is 0.265 e. The van der Waals surface area contributed by atoms with Crippen LogP contribution in [0.2, 0.25) is 0 Å². The zero-order chi connectivity index (χ0) is 23.1. The van der Waals surface area contributed by atoms with Crippen LogP contribution in [0.4, 0.5) is 0 Å². The fourth-order valence-electron chi connectivity index (χ4n) is 3.47. The van der Waals surface area contributed by atoms with Gasteiger partial charge in [-0.2, -0.15) is 0 Å². The molecule has 0 unspecified atom stereocenters. The van der Waals surface area contributed by atoms with Crippen LogP contribution in [0, 0.1) is 0 Å². The van der Waals surface area contributed by atoms with E-state index in [2.05, 4.69) is 0 Å². The summed E-state index contributed by atoms with van der Waals surface area (Å²) in [5.41, 5.74) is 1.19. The second-order valence-electron chi connectivity index (χ2n) is 7.30. The number of carbonyl (C=O) groups is 3. The molecule has 0 bridgehead atoms. The minimum absolute atomic E-state index is 0.120. The third kappa shape index (κ3) is 5.26. The summed E-state index contributed by atoms with van der Waals surface area (Å²) in [4.78, 5) is 39.5. The lowest BCUT2D eigenvalue weighted by atomic mass is 10.1. The highest BCUT2D eigenvalue weighted by Gasteiger charge is 2.30. The van der Waals surface area contributed by atoms with Gasteiger partial charge in [-0.3, -0.25) is 14.4 Å². The molecule has 0 radical (unpaired) electrons. The van der Waals surface area contributed by atoms with Crippen LogP contribution in [0.1, 0.15) is 22.3 Å². The van der Waals surface area contributed by atoms with E-state index < -0.39 is 0 Å². The molecular formula is C24H27N3O5. The van der Waals surface area contributed by atoms with Gasteiger partial charge in [0.15, 0.2) is 0 Å². The van der Waals surface area contributed by atoms with E-state index in [1.54, 1.807) is 69.8 Å². The van der Waals surface area contributed by atoms with Gasteiger partial charge >= 0.3 is 0 Å². The van der Waals surface area contributed by atoms with Gasteiger partial charge in [-0.1, -0.05) is 18.2 Å². The SMILES string of the molecule is COc1ccc(OC)c(/C=C/C(=O)N2CCCN2C(=O)CN(C)C(=O)c2ccccc2)c1. The summed E-state index contributed by atoms with van der Waals surface area (Å²) in [5, 5.41) is 2.82. The zero-order valence-corrected chi connectivity index (χ0v) is 18.5. The highest BCUT2D eigenvalue weighted by Crippen LogP contribution is 2.25. The molecule has 1 saturated heterocycles. The largest absolute Gasteiger partial charge is 0.497 e. The molecule has 3 amide bonds. The fraction of sp³-hybridized carbons (Fsp3) is 0.292. The summed E-state index contributed by atoms with van der Waals surface area (Å²) >= 11 is 0. The summed E-state index contributed by atoms with van der Waals surface area (Å²) < 4.78 is 10.6. The molecule has 8 nitrogen and oxygen atoms in total. The Morgan fingerprint density at radius 3 is 2.41 bits per heavy atom. The van der Waals surface area contributed by atoms with Crippen molar-refractivity contribution in [2.24, 2.45) is 0 Å². The number of likely N-dealkylation sites (N-methyl/N-ethyl adjacent to an activating group) is 1. The first-order chi connectivity index (χ1) is 15.4. The molecule has 2 aromatic rings. The number of hydrogen-bond acceptors (Lipinski definition) is 5. The number of hydrazine groups is 1. The molecule has 1 aliphatic heterocycles. The van der Waals surface area contributed by atoms with E-state index in [0.717, 1.165) is 0 Å². The predicted molar refractivity (Wildman–Crippen MR) is 120 cm³/mol. The van der Waals surface area contributed by atoms with Gasteiger partial charge in [0.05, 0.1) is 14.2 Å². The summed E-state index contributed by atoms with van der Waals surface area (Å²) in [6.45, 7) is 0.736. The number of hydrogen-bond donors (Lipinski definition) is 0. The lowest BCUT2D eigenvalue weighted by molar-refractivity contribution is -0.154. The number of methoxy groups -OCH3 is 2. The number of carbonyl (C=O) groups excluding carboxylic acids is 3. The predicted octanol–water partition coefficient (Wildman–Crippen LogP) is 2.47. The second kappa shape index (κ2) is 10.5. The van der Waals surface area contributed by atoms with E-state index in [4.69, 9.17) is 9.47 Å². The Hall–Kier alpha value is -3.81. The second-order valence-corrected chi connectivity index (χ2v) is 7.30. The minimum Gasteiger partial charge on any atom is -0.497 e. The molecule has 1 heterocycles. The summed E-state index contributed by atoms with van der Waals surface area (Å²) in [6.07, 6.45) is 3.71. The van der Waals surface area contributed by atoms with Crippen LogP contribution in [0.15, 0.2) is 54.6 Å². The van der Waals surface area contributed by atoms with E-state index in [1.165, 1.54) is 21.0 Å². The van der Waals surface area contributed by atoms with E-state index in [9.17, 15) is 14.4 Å². The van der Waals surface area contributed by atoms with Crippen LogP contribution in [0.3, 0.4) is 0 Å². The number of rotatable bonds is 7. The van der Waals surface area contributed by atoms with Crippen LogP contribution in [-0.4, -0.2) is 73.5 Å². The van der Waals surface area contributed by atoms with Gasteiger partial charge in [-0.05, 0) is 42.8 Å². The Morgan fingerprint density at radius 2 is 1.72 bits per heavy atom. The minimum atomic E-state index is -0.322.